The molecular formula is C13H16ClFN6. The van der Waals surface area contributed by atoms with E-state index in [-0.39, 0.29) is 17.7 Å². The van der Waals surface area contributed by atoms with Crippen molar-refractivity contribution in [3.63, 3.8) is 0 Å². The first kappa shape index (κ1) is 15.1. The minimum Gasteiger partial charge on any atom is -0.370 e. The van der Waals surface area contributed by atoms with Gasteiger partial charge in [-0.1, -0.05) is 11.6 Å². The molecule has 0 fully saturated rings. The Hall–Kier alpha value is -2.28. The molecule has 1 aromatic rings. The maximum absolute atomic E-state index is 13.9. The van der Waals surface area contributed by atoms with E-state index in [1.807, 2.05) is 0 Å². The normalized spacial score (nSPS) is 14.9. The fraction of sp³-hybridized carbons (Fsp3) is 0.231. The van der Waals surface area contributed by atoms with E-state index in [2.05, 4.69) is 15.0 Å². The number of allylic oxidation sites excluding steroid dienone is 2. The standard InChI is InChI=1S/C13H16ClFN6/c14-8-1-2-10(15)11-9(5-8)7(6-20-11)3-4-19-13(18)21-12(16)17/h2,5-6,20H,1,3-4H2,(H6,16,17,18,19,21). The van der Waals surface area contributed by atoms with Crippen LogP contribution in [0.25, 0.3) is 11.9 Å². The first-order chi connectivity index (χ1) is 9.97. The van der Waals surface area contributed by atoms with Crippen molar-refractivity contribution in [2.45, 2.75) is 12.8 Å². The number of aromatic nitrogens is 1. The van der Waals surface area contributed by atoms with E-state index >= 15 is 0 Å². The summed E-state index contributed by atoms with van der Waals surface area (Å²) in [6.45, 7) is 0.379. The highest BCUT2D eigenvalue weighted by atomic mass is 35.5. The molecule has 0 amide bonds. The van der Waals surface area contributed by atoms with Crippen molar-refractivity contribution in [3.05, 3.63) is 34.1 Å². The third-order valence-corrected chi connectivity index (χ3v) is 3.18. The van der Waals surface area contributed by atoms with E-state index < -0.39 is 0 Å². The minimum absolute atomic E-state index is 0.0104. The second-order valence-electron chi connectivity index (χ2n) is 4.48. The molecule has 1 heterocycles. The molecule has 0 bridgehead atoms. The van der Waals surface area contributed by atoms with Crippen LogP contribution in [0.1, 0.15) is 23.2 Å². The fourth-order valence-corrected chi connectivity index (χ4v) is 2.19. The zero-order valence-electron chi connectivity index (χ0n) is 11.2. The first-order valence-electron chi connectivity index (χ1n) is 6.29. The predicted molar refractivity (Wildman–Crippen MR) is 84.3 cm³/mol. The summed E-state index contributed by atoms with van der Waals surface area (Å²) in [6.07, 6.45) is 5.87. The molecule has 1 aliphatic carbocycles. The van der Waals surface area contributed by atoms with Gasteiger partial charge >= 0.3 is 0 Å². The number of nitrogens with two attached hydrogens (primary N) is 3. The summed E-state index contributed by atoms with van der Waals surface area (Å²) in [7, 11) is 0. The van der Waals surface area contributed by atoms with Crippen LogP contribution in [-0.4, -0.2) is 23.4 Å². The van der Waals surface area contributed by atoms with Crippen molar-refractivity contribution in [3.8, 4) is 0 Å². The zero-order valence-corrected chi connectivity index (χ0v) is 12.0. The van der Waals surface area contributed by atoms with Gasteiger partial charge in [-0.3, -0.25) is 4.99 Å². The molecular weight excluding hydrogens is 295 g/mol. The minimum atomic E-state index is -0.313. The Morgan fingerprint density at radius 3 is 2.86 bits per heavy atom. The summed E-state index contributed by atoms with van der Waals surface area (Å²) in [5, 5.41) is 0.577. The molecule has 0 spiro atoms. The van der Waals surface area contributed by atoms with Gasteiger partial charge in [0, 0.05) is 29.8 Å². The highest BCUT2D eigenvalue weighted by molar-refractivity contribution is 6.31. The summed E-state index contributed by atoms with van der Waals surface area (Å²) < 4.78 is 13.9. The quantitative estimate of drug-likeness (QED) is 0.499. The molecule has 0 aliphatic heterocycles. The van der Waals surface area contributed by atoms with E-state index in [4.69, 9.17) is 28.8 Å². The molecule has 1 aromatic heterocycles. The van der Waals surface area contributed by atoms with E-state index in [0.717, 1.165) is 11.1 Å². The zero-order chi connectivity index (χ0) is 15.4. The topological polar surface area (TPSA) is 119 Å². The van der Waals surface area contributed by atoms with Crippen LogP contribution >= 0.6 is 11.6 Å². The molecule has 0 atom stereocenters. The first-order valence-corrected chi connectivity index (χ1v) is 6.67. The van der Waals surface area contributed by atoms with Gasteiger partial charge in [-0.15, -0.1) is 0 Å². The van der Waals surface area contributed by atoms with Crippen LogP contribution < -0.4 is 17.2 Å². The number of hydrogen-bond donors (Lipinski definition) is 4. The second kappa shape index (κ2) is 6.45. The molecule has 6 nitrogen and oxygen atoms in total. The number of rotatable bonds is 3. The SMILES string of the molecule is NC(N)=NC(N)=NCCc1c[nH]c2c1C=C(Cl)CC=C2F. The van der Waals surface area contributed by atoms with Gasteiger partial charge in [-0.2, -0.15) is 4.99 Å². The molecule has 0 radical (unpaired) electrons. The molecule has 0 aromatic carbocycles. The maximum atomic E-state index is 13.9. The van der Waals surface area contributed by atoms with Gasteiger partial charge in [0.2, 0.25) is 5.96 Å². The van der Waals surface area contributed by atoms with Gasteiger partial charge in [0.25, 0.3) is 0 Å². The maximum Gasteiger partial charge on any atom is 0.218 e. The Morgan fingerprint density at radius 1 is 1.38 bits per heavy atom. The van der Waals surface area contributed by atoms with Crippen LogP contribution in [0.2, 0.25) is 0 Å². The number of aromatic amines is 1. The van der Waals surface area contributed by atoms with E-state index in [0.29, 0.717) is 30.1 Å². The number of fused-ring (bicyclic) bond motifs is 1. The van der Waals surface area contributed by atoms with E-state index in [9.17, 15) is 4.39 Å². The van der Waals surface area contributed by atoms with Gasteiger partial charge in [0.05, 0.1) is 5.69 Å². The number of H-pyrrole nitrogens is 1. The third kappa shape index (κ3) is 3.85. The summed E-state index contributed by atoms with van der Waals surface area (Å²) >= 11 is 6.03. The van der Waals surface area contributed by atoms with Gasteiger partial charge < -0.3 is 22.2 Å². The summed E-state index contributed by atoms with van der Waals surface area (Å²) in [6, 6.07) is 0. The van der Waals surface area contributed by atoms with Crippen LogP contribution in [0, 0.1) is 0 Å². The number of halogens is 2. The molecule has 0 saturated carbocycles. The molecule has 7 N–H and O–H groups in total. The number of hydrogen-bond acceptors (Lipinski definition) is 1. The monoisotopic (exact) mass is 310 g/mol. The average molecular weight is 311 g/mol. The largest absolute Gasteiger partial charge is 0.370 e. The van der Waals surface area contributed by atoms with Crippen LogP contribution in [0.15, 0.2) is 27.3 Å². The molecule has 0 saturated heterocycles. The van der Waals surface area contributed by atoms with Crippen molar-refractivity contribution in [2.75, 3.05) is 6.54 Å². The Morgan fingerprint density at radius 2 is 2.14 bits per heavy atom. The van der Waals surface area contributed by atoms with Gasteiger partial charge in [0.15, 0.2) is 5.96 Å². The summed E-state index contributed by atoms with van der Waals surface area (Å²) in [4.78, 5) is 10.5. The summed E-state index contributed by atoms with van der Waals surface area (Å²) in [5.41, 5.74) is 18.0. The number of nitrogens with one attached hydrogen (secondary N) is 1. The molecule has 0 unspecified atom stereocenters. The highest BCUT2D eigenvalue weighted by Gasteiger charge is 2.16. The molecule has 2 rings (SSSR count). The van der Waals surface area contributed by atoms with Crippen LogP contribution in [0.4, 0.5) is 4.39 Å². The van der Waals surface area contributed by atoms with Gasteiger partial charge in [0.1, 0.15) is 5.83 Å². The number of aliphatic imine (C=N–C) groups is 2. The third-order valence-electron chi connectivity index (χ3n) is 2.92. The Labute approximate surface area is 126 Å². The van der Waals surface area contributed by atoms with Crippen LogP contribution in [0.3, 0.4) is 0 Å². The molecule has 8 heteroatoms. The highest BCUT2D eigenvalue weighted by Crippen LogP contribution is 2.31. The molecule has 112 valence electrons. The van der Waals surface area contributed by atoms with Crippen molar-refractivity contribution in [1.29, 1.82) is 0 Å². The Bertz CT molecular complexity index is 652. The van der Waals surface area contributed by atoms with Gasteiger partial charge in [-0.05, 0) is 24.1 Å². The smallest absolute Gasteiger partial charge is 0.218 e. The number of nitrogens with zero attached hydrogens (tertiary/aromatic N) is 2. The van der Waals surface area contributed by atoms with E-state index in [1.54, 1.807) is 12.3 Å². The van der Waals surface area contributed by atoms with Crippen LogP contribution in [0.5, 0.6) is 0 Å². The number of guanidine groups is 2. The van der Waals surface area contributed by atoms with E-state index in [1.165, 1.54) is 6.08 Å². The lowest BCUT2D eigenvalue weighted by Gasteiger charge is -2.00. The van der Waals surface area contributed by atoms with Crippen molar-refractivity contribution < 1.29 is 4.39 Å². The molecule has 1 aliphatic rings. The summed E-state index contributed by atoms with van der Waals surface area (Å²) in [5.74, 6) is -0.448. The van der Waals surface area contributed by atoms with Crippen molar-refractivity contribution in [2.24, 2.45) is 27.2 Å². The Balaban J connectivity index is 2.15. The Kier molecular flexibility index (Phi) is 4.64. The predicted octanol–water partition coefficient (Wildman–Crippen LogP) is 1.44. The van der Waals surface area contributed by atoms with Crippen LogP contribution in [-0.2, 0) is 6.42 Å². The lowest BCUT2D eigenvalue weighted by molar-refractivity contribution is 0.750. The lowest BCUT2D eigenvalue weighted by Crippen LogP contribution is -2.26. The van der Waals surface area contributed by atoms with Crippen molar-refractivity contribution >= 4 is 35.4 Å². The average Bonchev–Trinajstić information content (AvgIpc) is 2.72. The van der Waals surface area contributed by atoms with Crippen molar-refractivity contribution in [1.82, 2.24) is 4.98 Å². The lowest BCUT2D eigenvalue weighted by atomic mass is 10.1. The van der Waals surface area contributed by atoms with Gasteiger partial charge in [-0.25, -0.2) is 4.39 Å². The molecule has 21 heavy (non-hydrogen) atoms. The fourth-order valence-electron chi connectivity index (χ4n) is 2.01. The second-order valence-corrected chi connectivity index (χ2v) is 4.96.